The highest BCUT2D eigenvalue weighted by Crippen LogP contribution is 2.26. The maximum Gasteiger partial charge on any atom is 0.251 e. The van der Waals surface area contributed by atoms with E-state index in [1.54, 1.807) is 13.0 Å². The van der Waals surface area contributed by atoms with Gasteiger partial charge in [0.1, 0.15) is 5.75 Å². The molecule has 10 nitrogen and oxygen atoms in total. The van der Waals surface area contributed by atoms with E-state index in [0.717, 1.165) is 56.6 Å². The topological polar surface area (TPSA) is 96.0 Å². The van der Waals surface area contributed by atoms with Crippen LogP contribution in [0.5, 0.6) is 5.75 Å². The van der Waals surface area contributed by atoms with Crippen molar-refractivity contribution in [3.8, 4) is 5.75 Å². The summed E-state index contributed by atoms with van der Waals surface area (Å²) in [6.45, 7) is 9.60. The molecule has 1 unspecified atom stereocenters. The number of carbonyl (C=O) groups is 1. The van der Waals surface area contributed by atoms with Gasteiger partial charge in [0.05, 0.1) is 19.8 Å². The third-order valence-corrected chi connectivity index (χ3v) is 6.36. The van der Waals surface area contributed by atoms with Crippen LogP contribution in [0.4, 0.5) is 0 Å². The lowest BCUT2D eigenvalue weighted by molar-refractivity contribution is -0.487. The molecule has 0 spiro atoms. The number of aliphatic hydroxyl groups excluding tert-OH is 1. The number of amides is 1. The maximum absolute atomic E-state index is 12.3. The molecule has 2 atom stereocenters. The molecule has 2 aliphatic heterocycles. The number of aryl methyl sites for hydroxylation is 1. The normalized spacial score (nSPS) is 21.2. The number of likely N-dealkylation sites (N-methyl/N-ethyl adjacent to an activating group) is 1. The Kier molecular flexibility index (Phi) is 10.5. The van der Waals surface area contributed by atoms with Gasteiger partial charge in [-0.05, 0) is 82.8 Å². The zero-order chi connectivity index (χ0) is 24.5. The fraction of sp³-hybridized carbons (Fsp3) is 0.708. The van der Waals surface area contributed by atoms with Gasteiger partial charge in [-0.25, -0.2) is 4.84 Å². The van der Waals surface area contributed by atoms with Crippen LogP contribution in [0.2, 0.25) is 0 Å². The maximum atomic E-state index is 12.3. The molecule has 1 amide bonds. The lowest BCUT2D eigenvalue weighted by Gasteiger charge is -2.33. The van der Waals surface area contributed by atoms with E-state index >= 15 is 0 Å². The Bertz CT molecular complexity index is 774. The second-order valence-electron chi connectivity index (χ2n) is 9.22. The standard InChI is InChI=1S/C24H40N4O6/c1-5-26(4)16-23-32-28(34-33-23)27-12-10-20(11-13-27)7-6-14-31-21-8-9-22(18(2)15-21)24(30)25-19(3)17-29/h8-9,15,19-20,23,29H,5-7,10-14,16-17H2,1-4H3,(H,25,30)/t19-,23?/m1/s1. The first-order chi connectivity index (χ1) is 16.4. The summed E-state index contributed by atoms with van der Waals surface area (Å²) in [5, 5.41) is 15.3. The predicted octanol–water partition coefficient (Wildman–Crippen LogP) is 2.28. The highest BCUT2D eigenvalue weighted by Gasteiger charge is 2.34. The number of hydrogen-bond donors (Lipinski definition) is 2. The first-order valence-electron chi connectivity index (χ1n) is 12.3. The summed E-state index contributed by atoms with van der Waals surface area (Å²) >= 11 is 0. The van der Waals surface area contributed by atoms with Crippen molar-refractivity contribution in [2.75, 3.05) is 46.4 Å². The largest absolute Gasteiger partial charge is 0.494 e. The Labute approximate surface area is 202 Å². The molecular weight excluding hydrogens is 440 g/mol. The second kappa shape index (κ2) is 13.3. The summed E-state index contributed by atoms with van der Waals surface area (Å²) < 4.78 is 5.92. The molecule has 0 aromatic heterocycles. The van der Waals surface area contributed by atoms with Gasteiger partial charge in [0.25, 0.3) is 5.91 Å². The minimum Gasteiger partial charge on any atom is -0.494 e. The van der Waals surface area contributed by atoms with Gasteiger partial charge in [0, 0.05) is 30.0 Å². The molecule has 1 aromatic carbocycles. The minimum absolute atomic E-state index is 0.0867. The first-order valence-corrected chi connectivity index (χ1v) is 12.3. The summed E-state index contributed by atoms with van der Waals surface area (Å²) in [5.41, 5.74) is 1.45. The SMILES string of the molecule is CCN(C)CC1OON(N2CCC(CCCOc3ccc(C(=O)N[C@H](C)CO)c(C)c3)CC2)O1. The minimum atomic E-state index is -0.406. The number of benzene rings is 1. The molecule has 10 heteroatoms. The van der Waals surface area contributed by atoms with E-state index in [1.807, 2.05) is 31.1 Å². The number of nitrogens with zero attached hydrogens (tertiary/aromatic N) is 3. The van der Waals surface area contributed by atoms with Gasteiger partial charge in [0.2, 0.25) is 6.29 Å². The van der Waals surface area contributed by atoms with E-state index in [0.29, 0.717) is 24.6 Å². The van der Waals surface area contributed by atoms with Gasteiger partial charge in [-0.3, -0.25) is 4.79 Å². The molecule has 2 saturated heterocycles. The van der Waals surface area contributed by atoms with Crippen molar-refractivity contribution in [3.05, 3.63) is 29.3 Å². The van der Waals surface area contributed by atoms with Crippen LogP contribution in [0.25, 0.3) is 0 Å². The lowest BCUT2D eigenvalue weighted by Crippen LogP contribution is -2.45. The molecule has 0 aliphatic carbocycles. The van der Waals surface area contributed by atoms with Gasteiger partial charge < -0.3 is 20.1 Å². The smallest absolute Gasteiger partial charge is 0.251 e. The number of aliphatic hydroxyl groups is 1. The highest BCUT2D eigenvalue weighted by atomic mass is 17.4. The zero-order valence-corrected chi connectivity index (χ0v) is 20.9. The highest BCUT2D eigenvalue weighted by molar-refractivity contribution is 5.95. The fourth-order valence-electron chi connectivity index (χ4n) is 4.04. The molecule has 0 radical (unpaired) electrons. The van der Waals surface area contributed by atoms with E-state index in [1.165, 1.54) is 5.34 Å². The molecule has 2 fully saturated rings. The van der Waals surface area contributed by atoms with Crippen molar-refractivity contribution >= 4 is 5.91 Å². The Balaban J connectivity index is 1.32. The van der Waals surface area contributed by atoms with Gasteiger partial charge in [-0.1, -0.05) is 11.9 Å². The summed E-state index contributed by atoms with van der Waals surface area (Å²) in [7, 11) is 2.01. The van der Waals surface area contributed by atoms with Crippen LogP contribution < -0.4 is 10.1 Å². The van der Waals surface area contributed by atoms with Crippen molar-refractivity contribution in [2.24, 2.45) is 5.92 Å². The monoisotopic (exact) mass is 480 g/mol. The van der Waals surface area contributed by atoms with Crippen molar-refractivity contribution in [2.45, 2.75) is 58.8 Å². The van der Waals surface area contributed by atoms with Crippen molar-refractivity contribution in [1.29, 1.82) is 0 Å². The van der Waals surface area contributed by atoms with Gasteiger partial charge >= 0.3 is 0 Å². The fourth-order valence-corrected chi connectivity index (χ4v) is 4.04. The Hall–Kier alpha value is -1.79. The van der Waals surface area contributed by atoms with Gasteiger partial charge in [-0.2, -0.15) is 9.90 Å². The van der Waals surface area contributed by atoms with Crippen molar-refractivity contribution in [1.82, 2.24) is 20.6 Å². The van der Waals surface area contributed by atoms with Gasteiger partial charge in [-0.15, -0.1) is 0 Å². The van der Waals surface area contributed by atoms with Crippen LogP contribution in [-0.4, -0.2) is 85.0 Å². The molecule has 3 rings (SSSR count). The van der Waals surface area contributed by atoms with Crippen LogP contribution in [0.3, 0.4) is 0 Å². The molecular formula is C24H40N4O6. The second-order valence-corrected chi connectivity index (χ2v) is 9.22. The predicted molar refractivity (Wildman–Crippen MR) is 126 cm³/mol. The van der Waals surface area contributed by atoms with Crippen molar-refractivity contribution in [3.63, 3.8) is 0 Å². The van der Waals surface area contributed by atoms with Gasteiger partial charge in [0.15, 0.2) is 0 Å². The number of nitrogens with one attached hydrogen (secondary N) is 1. The van der Waals surface area contributed by atoms with Crippen LogP contribution in [-0.2, 0) is 14.7 Å². The zero-order valence-electron chi connectivity index (χ0n) is 20.9. The third kappa shape index (κ3) is 7.88. The van der Waals surface area contributed by atoms with Crippen LogP contribution in [0, 0.1) is 12.8 Å². The summed E-state index contributed by atoms with van der Waals surface area (Å²) in [6, 6.07) is 5.22. The Morgan fingerprint density at radius 2 is 2.12 bits per heavy atom. The number of carbonyl (C=O) groups excluding carboxylic acids is 1. The first kappa shape index (κ1) is 26.8. The van der Waals surface area contributed by atoms with E-state index in [9.17, 15) is 4.79 Å². The third-order valence-electron chi connectivity index (χ3n) is 6.36. The quantitative estimate of drug-likeness (QED) is 0.345. The number of piperidine rings is 1. The van der Waals surface area contributed by atoms with Crippen LogP contribution in [0.1, 0.15) is 55.5 Å². The van der Waals surface area contributed by atoms with E-state index in [2.05, 4.69) is 17.1 Å². The molecule has 1 aromatic rings. The Morgan fingerprint density at radius 1 is 1.35 bits per heavy atom. The van der Waals surface area contributed by atoms with Crippen LogP contribution in [0.15, 0.2) is 18.2 Å². The number of hydrogen-bond acceptors (Lipinski definition) is 9. The van der Waals surface area contributed by atoms with Crippen molar-refractivity contribution < 1.29 is 29.4 Å². The summed E-state index contributed by atoms with van der Waals surface area (Å²) in [4.78, 5) is 30.6. The average molecular weight is 481 g/mol. The molecule has 2 aliphatic rings. The molecule has 2 heterocycles. The lowest BCUT2D eigenvalue weighted by atomic mass is 9.93. The number of hydrazine groups is 1. The molecule has 0 saturated carbocycles. The summed E-state index contributed by atoms with van der Waals surface area (Å²) in [6.07, 6.45) is 3.81. The Morgan fingerprint density at radius 3 is 2.79 bits per heavy atom. The molecule has 192 valence electrons. The van der Waals surface area contributed by atoms with E-state index in [-0.39, 0.29) is 18.6 Å². The van der Waals surface area contributed by atoms with Crippen LogP contribution >= 0.6 is 0 Å². The number of ether oxygens (including phenoxy) is 1. The molecule has 2 N–H and O–H groups in total. The average Bonchev–Trinajstić information content (AvgIpc) is 3.30. The molecule has 0 bridgehead atoms. The molecule has 34 heavy (non-hydrogen) atoms. The summed E-state index contributed by atoms with van der Waals surface area (Å²) in [5.74, 6) is 1.23. The van der Waals surface area contributed by atoms with E-state index < -0.39 is 6.29 Å². The number of rotatable bonds is 12. The van der Waals surface area contributed by atoms with E-state index in [4.69, 9.17) is 24.6 Å².